The van der Waals surface area contributed by atoms with Crippen LogP contribution in [0.25, 0.3) is 0 Å². The van der Waals surface area contributed by atoms with Crippen molar-refractivity contribution in [2.24, 2.45) is 0 Å². The zero-order valence-corrected chi connectivity index (χ0v) is 16.3. The molecule has 0 radical (unpaired) electrons. The second kappa shape index (κ2) is 9.21. The molecule has 0 aromatic heterocycles. The van der Waals surface area contributed by atoms with Gasteiger partial charge in [0.15, 0.2) is 0 Å². The van der Waals surface area contributed by atoms with Crippen LogP contribution in [-0.2, 0) is 10.0 Å². The van der Waals surface area contributed by atoms with Crippen molar-refractivity contribution in [1.82, 2.24) is 9.62 Å². The van der Waals surface area contributed by atoms with E-state index in [1.807, 2.05) is 6.92 Å². The summed E-state index contributed by atoms with van der Waals surface area (Å²) in [7, 11) is -0.258. The number of benzene rings is 2. The van der Waals surface area contributed by atoms with Crippen molar-refractivity contribution < 1.29 is 17.9 Å². The first-order valence-corrected chi connectivity index (χ1v) is 9.85. The Balaban J connectivity index is 1.96. The lowest BCUT2D eigenvalue weighted by Gasteiger charge is -2.09. The van der Waals surface area contributed by atoms with Gasteiger partial charge >= 0.3 is 0 Å². The SMILES string of the molecule is CCOc1ccc(S(=O)(=O)NCC#Cc2ccc(C(=O)N(C)C)cc2)cc1. The van der Waals surface area contributed by atoms with Crippen LogP contribution in [0.4, 0.5) is 0 Å². The van der Waals surface area contributed by atoms with Crippen LogP contribution >= 0.6 is 0 Å². The van der Waals surface area contributed by atoms with Gasteiger partial charge in [0.25, 0.3) is 5.91 Å². The van der Waals surface area contributed by atoms with Crippen LogP contribution in [0, 0.1) is 11.8 Å². The first-order valence-electron chi connectivity index (χ1n) is 8.36. The summed E-state index contributed by atoms with van der Waals surface area (Å²) in [5.41, 5.74) is 1.27. The lowest BCUT2D eigenvalue weighted by molar-refractivity contribution is 0.0827. The minimum atomic E-state index is -3.63. The maximum atomic E-state index is 12.2. The van der Waals surface area contributed by atoms with E-state index in [0.29, 0.717) is 23.5 Å². The third-order valence-corrected chi connectivity index (χ3v) is 4.98. The number of ether oxygens (including phenoxy) is 1. The summed E-state index contributed by atoms with van der Waals surface area (Å²) in [6, 6.07) is 13.0. The zero-order chi connectivity index (χ0) is 19.9. The predicted octanol–water partition coefficient (Wildman–Crippen LogP) is 2.12. The number of amides is 1. The molecule has 2 aromatic rings. The van der Waals surface area contributed by atoms with E-state index in [1.54, 1.807) is 50.5 Å². The van der Waals surface area contributed by atoms with E-state index in [2.05, 4.69) is 16.6 Å². The number of sulfonamides is 1. The molecule has 0 aliphatic carbocycles. The molecule has 0 saturated heterocycles. The van der Waals surface area contributed by atoms with Crippen LogP contribution in [0.1, 0.15) is 22.8 Å². The molecule has 2 aromatic carbocycles. The standard InChI is InChI=1S/C20H22N2O4S/c1-4-26-18-11-13-19(14-12-18)27(24,25)21-15-5-6-16-7-9-17(10-8-16)20(23)22(2)3/h7-14,21H,4,15H2,1-3H3. The number of nitrogens with one attached hydrogen (secondary N) is 1. The fourth-order valence-electron chi connectivity index (χ4n) is 2.20. The molecule has 0 aliphatic rings. The summed E-state index contributed by atoms with van der Waals surface area (Å²) < 4.78 is 32.2. The molecular formula is C20H22N2O4S. The summed E-state index contributed by atoms with van der Waals surface area (Å²) in [4.78, 5) is 13.5. The summed E-state index contributed by atoms with van der Waals surface area (Å²) in [6.07, 6.45) is 0. The van der Waals surface area contributed by atoms with Gasteiger partial charge in [-0.05, 0) is 55.5 Å². The minimum absolute atomic E-state index is 0.0199. The van der Waals surface area contributed by atoms with Gasteiger partial charge in [-0.25, -0.2) is 8.42 Å². The van der Waals surface area contributed by atoms with E-state index >= 15 is 0 Å². The molecule has 1 amide bonds. The summed E-state index contributed by atoms with van der Waals surface area (Å²) in [5, 5.41) is 0. The van der Waals surface area contributed by atoms with Gasteiger partial charge in [-0.1, -0.05) is 11.8 Å². The number of hydrogen-bond acceptors (Lipinski definition) is 4. The number of carbonyl (C=O) groups is 1. The van der Waals surface area contributed by atoms with Crippen LogP contribution in [0.5, 0.6) is 5.75 Å². The lowest BCUT2D eigenvalue weighted by atomic mass is 10.1. The Kier molecular flexibility index (Phi) is 6.99. The van der Waals surface area contributed by atoms with Gasteiger partial charge in [0.2, 0.25) is 10.0 Å². The number of nitrogens with zero attached hydrogens (tertiary/aromatic N) is 1. The monoisotopic (exact) mass is 386 g/mol. The highest BCUT2D eigenvalue weighted by Crippen LogP contribution is 2.15. The minimum Gasteiger partial charge on any atom is -0.494 e. The highest BCUT2D eigenvalue weighted by atomic mass is 32.2. The molecule has 0 bridgehead atoms. The van der Waals surface area contributed by atoms with E-state index < -0.39 is 10.0 Å². The van der Waals surface area contributed by atoms with Crippen LogP contribution < -0.4 is 9.46 Å². The Morgan fingerprint density at radius 2 is 1.70 bits per heavy atom. The highest BCUT2D eigenvalue weighted by molar-refractivity contribution is 7.89. The van der Waals surface area contributed by atoms with Crippen LogP contribution in [0.2, 0.25) is 0 Å². The molecule has 6 nitrogen and oxygen atoms in total. The van der Waals surface area contributed by atoms with Gasteiger partial charge in [-0.2, -0.15) is 4.72 Å². The van der Waals surface area contributed by atoms with Gasteiger partial charge < -0.3 is 9.64 Å². The molecule has 7 heteroatoms. The first-order chi connectivity index (χ1) is 12.8. The third-order valence-electron chi connectivity index (χ3n) is 3.57. The molecular weight excluding hydrogens is 364 g/mol. The van der Waals surface area contributed by atoms with Gasteiger partial charge in [-0.3, -0.25) is 4.79 Å². The number of hydrogen-bond donors (Lipinski definition) is 1. The van der Waals surface area contributed by atoms with Gasteiger partial charge in [0.05, 0.1) is 18.0 Å². The van der Waals surface area contributed by atoms with E-state index in [-0.39, 0.29) is 17.3 Å². The van der Waals surface area contributed by atoms with Crippen molar-refractivity contribution in [1.29, 1.82) is 0 Å². The Bertz CT molecular complexity index is 938. The molecule has 142 valence electrons. The first kappa shape index (κ1) is 20.5. The van der Waals surface area contributed by atoms with E-state index in [4.69, 9.17) is 4.74 Å². The molecule has 2 rings (SSSR count). The Morgan fingerprint density at radius 3 is 2.26 bits per heavy atom. The summed E-state index contributed by atoms with van der Waals surface area (Å²) in [5.74, 6) is 6.17. The molecule has 27 heavy (non-hydrogen) atoms. The molecule has 0 atom stereocenters. The van der Waals surface area contributed by atoms with Crippen molar-refractivity contribution in [3.8, 4) is 17.6 Å². The number of carbonyl (C=O) groups excluding carboxylic acids is 1. The summed E-state index contributed by atoms with van der Waals surface area (Å²) >= 11 is 0. The van der Waals surface area contributed by atoms with Crippen molar-refractivity contribution in [2.75, 3.05) is 27.2 Å². The maximum Gasteiger partial charge on any atom is 0.253 e. The molecule has 0 spiro atoms. The largest absolute Gasteiger partial charge is 0.494 e. The molecule has 0 fully saturated rings. The Labute approximate surface area is 160 Å². The smallest absolute Gasteiger partial charge is 0.253 e. The Morgan fingerprint density at radius 1 is 1.07 bits per heavy atom. The average Bonchev–Trinajstić information content (AvgIpc) is 2.66. The third kappa shape index (κ3) is 5.84. The van der Waals surface area contributed by atoms with E-state index in [9.17, 15) is 13.2 Å². The fourth-order valence-corrected chi connectivity index (χ4v) is 3.12. The zero-order valence-electron chi connectivity index (χ0n) is 15.5. The fraction of sp³-hybridized carbons (Fsp3) is 0.250. The van der Waals surface area contributed by atoms with Crippen LogP contribution in [0.3, 0.4) is 0 Å². The van der Waals surface area contributed by atoms with Crippen molar-refractivity contribution >= 4 is 15.9 Å². The molecule has 0 heterocycles. The van der Waals surface area contributed by atoms with Gasteiger partial charge in [-0.15, -0.1) is 0 Å². The Hall–Kier alpha value is -2.82. The average molecular weight is 386 g/mol. The van der Waals surface area contributed by atoms with Crippen LogP contribution in [-0.4, -0.2) is 46.5 Å². The molecule has 1 N–H and O–H groups in total. The second-order valence-corrected chi connectivity index (χ2v) is 7.57. The van der Waals surface area contributed by atoms with Gasteiger partial charge in [0.1, 0.15) is 5.75 Å². The molecule has 0 unspecified atom stereocenters. The molecule has 0 aliphatic heterocycles. The lowest BCUT2D eigenvalue weighted by Crippen LogP contribution is -2.23. The highest BCUT2D eigenvalue weighted by Gasteiger charge is 2.12. The van der Waals surface area contributed by atoms with E-state index in [0.717, 1.165) is 0 Å². The van der Waals surface area contributed by atoms with Crippen molar-refractivity contribution in [2.45, 2.75) is 11.8 Å². The normalized spacial score (nSPS) is 10.6. The topological polar surface area (TPSA) is 75.7 Å². The second-order valence-electron chi connectivity index (χ2n) is 5.81. The maximum absolute atomic E-state index is 12.2. The quantitative estimate of drug-likeness (QED) is 0.772. The van der Waals surface area contributed by atoms with Gasteiger partial charge in [0, 0.05) is 25.2 Å². The van der Waals surface area contributed by atoms with E-state index in [1.165, 1.54) is 17.0 Å². The number of rotatable bonds is 6. The van der Waals surface area contributed by atoms with Crippen molar-refractivity contribution in [3.05, 3.63) is 59.7 Å². The molecule has 0 saturated carbocycles. The van der Waals surface area contributed by atoms with Crippen molar-refractivity contribution in [3.63, 3.8) is 0 Å². The van der Waals surface area contributed by atoms with Crippen LogP contribution in [0.15, 0.2) is 53.4 Å². The predicted molar refractivity (Wildman–Crippen MR) is 104 cm³/mol. The summed E-state index contributed by atoms with van der Waals surface area (Å²) in [6.45, 7) is 2.36.